The first-order valence-corrected chi connectivity index (χ1v) is 7.47. The van der Waals surface area contributed by atoms with Crippen LogP contribution in [0.5, 0.6) is 0 Å². The molecule has 1 saturated heterocycles. The summed E-state index contributed by atoms with van der Waals surface area (Å²) in [6.07, 6.45) is 2.24. The highest BCUT2D eigenvalue weighted by Crippen LogP contribution is 2.25. The molecule has 2 aliphatic rings. The predicted octanol–water partition coefficient (Wildman–Crippen LogP) is 1.65. The predicted molar refractivity (Wildman–Crippen MR) is 76.1 cm³/mol. The van der Waals surface area contributed by atoms with Crippen LogP contribution in [0.25, 0.3) is 0 Å². The molecular formula is C13H17N3OS. The Hall–Kier alpha value is -1.20. The first-order chi connectivity index (χ1) is 8.83. The van der Waals surface area contributed by atoms with Crippen molar-refractivity contribution >= 4 is 29.0 Å². The van der Waals surface area contributed by atoms with E-state index < -0.39 is 0 Å². The van der Waals surface area contributed by atoms with Gasteiger partial charge in [0.25, 0.3) is 0 Å². The second-order valence-corrected chi connectivity index (χ2v) is 5.69. The van der Waals surface area contributed by atoms with E-state index >= 15 is 0 Å². The minimum Gasteiger partial charge on any atom is -0.385 e. The molecule has 5 heteroatoms. The third kappa shape index (κ3) is 2.47. The maximum absolute atomic E-state index is 12.0. The standard InChI is InChI=1S/C13H17N3OS/c17-13(12-7-18-8-15-12)16-10-3-4-11-9(6-10)2-1-5-14-11/h3-4,6,12,14-15H,1-2,5,7-8H2,(H,16,17). The highest BCUT2D eigenvalue weighted by atomic mass is 32.2. The van der Waals surface area contributed by atoms with Crippen LogP contribution in [0.15, 0.2) is 18.2 Å². The van der Waals surface area contributed by atoms with Crippen molar-refractivity contribution in [3.05, 3.63) is 23.8 Å². The molecule has 0 saturated carbocycles. The molecule has 0 aliphatic carbocycles. The van der Waals surface area contributed by atoms with Gasteiger partial charge in [-0.2, -0.15) is 0 Å². The van der Waals surface area contributed by atoms with Gasteiger partial charge >= 0.3 is 0 Å². The molecule has 1 fully saturated rings. The molecule has 1 unspecified atom stereocenters. The summed E-state index contributed by atoms with van der Waals surface area (Å²) in [4.78, 5) is 12.0. The van der Waals surface area contributed by atoms with Crippen molar-refractivity contribution in [3.8, 4) is 0 Å². The van der Waals surface area contributed by atoms with E-state index in [0.717, 1.165) is 36.7 Å². The number of hydrogen-bond donors (Lipinski definition) is 3. The Balaban J connectivity index is 1.70. The van der Waals surface area contributed by atoms with Crippen molar-refractivity contribution < 1.29 is 4.79 Å². The number of nitrogens with one attached hydrogen (secondary N) is 3. The third-order valence-corrected chi connectivity index (χ3v) is 4.28. The molecule has 0 spiro atoms. The largest absolute Gasteiger partial charge is 0.385 e. The van der Waals surface area contributed by atoms with Crippen LogP contribution in [-0.2, 0) is 11.2 Å². The zero-order valence-corrected chi connectivity index (χ0v) is 11.0. The number of rotatable bonds is 2. The Labute approximate surface area is 111 Å². The SMILES string of the molecule is O=C(Nc1ccc2c(c1)CCCN2)C1CSCN1. The topological polar surface area (TPSA) is 53.2 Å². The molecule has 2 heterocycles. The van der Waals surface area contributed by atoms with E-state index in [1.165, 1.54) is 11.3 Å². The number of carbonyl (C=O) groups is 1. The van der Waals surface area contributed by atoms with Crippen LogP contribution >= 0.6 is 11.8 Å². The summed E-state index contributed by atoms with van der Waals surface area (Å²) in [7, 11) is 0. The third-order valence-electron chi connectivity index (χ3n) is 3.34. The zero-order valence-electron chi connectivity index (χ0n) is 10.2. The molecule has 0 radical (unpaired) electrons. The van der Waals surface area contributed by atoms with Crippen LogP contribution in [0, 0.1) is 0 Å². The number of fused-ring (bicyclic) bond motifs is 1. The number of carbonyl (C=O) groups excluding carboxylic acids is 1. The molecule has 1 amide bonds. The number of benzene rings is 1. The Kier molecular flexibility index (Phi) is 3.43. The minimum atomic E-state index is -0.0517. The lowest BCUT2D eigenvalue weighted by atomic mass is 10.0. The Morgan fingerprint density at radius 2 is 2.39 bits per heavy atom. The molecule has 0 bridgehead atoms. The summed E-state index contributed by atoms with van der Waals surface area (Å²) in [6.45, 7) is 1.04. The maximum atomic E-state index is 12.0. The van der Waals surface area contributed by atoms with Crippen LogP contribution in [0.2, 0.25) is 0 Å². The molecular weight excluding hydrogens is 246 g/mol. The van der Waals surface area contributed by atoms with Crippen molar-refractivity contribution in [1.29, 1.82) is 0 Å². The van der Waals surface area contributed by atoms with Gasteiger partial charge in [0.2, 0.25) is 5.91 Å². The fourth-order valence-corrected chi connectivity index (χ4v) is 3.29. The second-order valence-electron chi connectivity index (χ2n) is 4.66. The van der Waals surface area contributed by atoms with Gasteiger partial charge < -0.3 is 10.6 Å². The summed E-state index contributed by atoms with van der Waals surface area (Å²) in [6, 6.07) is 6.06. The van der Waals surface area contributed by atoms with E-state index in [2.05, 4.69) is 28.1 Å². The maximum Gasteiger partial charge on any atom is 0.242 e. The van der Waals surface area contributed by atoms with E-state index in [-0.39, 0.29) is 11.9 Å². The van der Waals surface area contributed by atoms with Crippen LogP contribution < -0.4 is 16.0 Å². The molecule has 4 nitrogen and oxygen atoms in total. The highest BCUT2D eigenvalue weighted by molar-refractivity contribution is 7.99. The van der Waals surface area contributed by atoms with Gasteiger partial charge in [-0.15, -0.1) is 11.8 Å². The average molecular weight is 263 g/mol. The Morgan fingerprint density at radius 1 is 1.44 bits per heavy atom. The van der Waals surface area contributed by atoms with Gasteiger partial charge in [-0.05, 0) is 36.6 Å². The van der Waals surface area contributed by atoms with Crippen molar-refractivity contribution in [2.45, 2.75) is 18.9 Å². The summed E-state index contributed by atoms with van der Waals surface area (Å²) < 4.78 is 0. The van der Waals surface area contributed by atoms with E-state index in [4.69, 9.17) is 0 Å². The lowest BCUT2D eigenvalue weighted by molar-refractivity contribution is -0.117. The molecule has 3 N–H and O–H groups in total. The molecule has 2 aliphatic heterocycles. The quantitative estimate of drug-likeness (QED) is 0.759. The smallest absolute Gasteiger partial charge is 0.242 e. The van der Waals surface area contributed by atoms with E-state index in [0.29, 0.717) is 0 Å². The van der Waals surface area contributed by atoms with Crippen LogP contribution in [0.4, 0.5) is 11.4 Å². The van der Waals surface area contributed by atoms with Gasteiger partial charge in [0, 0.05) is 29.5 Å². The average Bonchev–Trinajstić information content (AvgIpc) is 2.92. The Morgan fingerprint density at radius 3 is 3.22 bits per heavy atom. The minimum absolute atomic E-state index is 0.0517. The van der Waals surface area contributed by atoms with Gasteiger partial charge in [0.15, 0.2) is 0 Å². The molecule has 1 aromatic rings. The van der Waals surface area contributed by atoms with Gasteiger partial charge in [0.05, 0.1) is 6.04 Å². The highest BCUT2D eigenvalue weighted by Gasteiger charge is 2.22. The monoisotopic (exact) mass is 263 g/mol. The summed E-state index contributed by atoms with van der Waals surface area (Å²) >= 11 is 1.76. The number of thioether (sulfide) groups is 1. The van der Waals surface area contributed by atoms with Crippen molar-refractivity contribution in [2.24, 2.45) is 0 Å². The molecule has 0 aromatic heterocycles. The summed E-state index contributed by atoms with van der Waals surface area (Å²) in [5.74, 6) is 1.80. The van der Waals surface area contributed by atoms with Crippen LogP contribution in [-0.4, -0.2) is 30.1 Å². The molecule has 18 heavy (non-hydrogen) atoms. The fourth-order valence-electron chi connectivity index (χ4n) is 2.35. The van der Waals surface area contributed by atoms with Gasteiger partial charge in [0.1, 0.15) is 0 Å². The van der Waals surface area contributed by atoms with Gasteiger partial charge in [-0.25, -0.2) is 0 Å². The van der Waals surface area contributed by atoms with Crippen molar-refractivity contribution in [2.75, 3.05) is 28.8 Å². The van der Waals surface area contributed by atoms with Crippen molar-refractivity contribution in [1.82, 2.24) is 5.32 Å². The number of amides is 1. The fraction of sp³-hybridized carbons (Fsp3) is 0.462. The molecule has 1 atom stereocenters. The summed E-state index contributed by atoms with van der Waals surface area (Å²) in [5.41, 5.74) is 3.41. The lowest BCUT2D eigenvalue weighted by Crippen LogP contribution is -2.37. The van der Waals surface area contributed by atoms with Crippen LogP contribution in [0.1, 0.15) is 12.0 Å². The Bertz CT molecular complexity index is 458. The van der Waals surface area contributed by atoms with E-state index in [1.54, 1.807) is 11.8 Å². The van der Waals surface area contributed by atoms with E-state index in [1.807, 2.05) is 6.07 Å². The van der Waals surface area contributed by atoms with Crippen molar-refractivity contribution in [3.63, 3.8) is 0 Å². The normalized spacial score (nSPS) is 22.1. The first kappa shape index (κ1) is 11.9. The molecule has 96 valence electrons. The lowest BCUT2D eigenvalue weighted by Gasteiger charge is -2.19. The van der Waals surface area contributed by atoms with E-state index in [9.17, 15) is 4.79 Å². The number of hydrogen-bond acceptors (Lipinski definition) is 4. The summed E-state index contributed by atoms with van der Waals surface area (Å²) in [5, 5.41) is 9.54. The first-order valence-electron chi connectivity index (χ1n) is 6.32. The number of anilines is 2. The molecule has 3 rings (SSSR count). The second kappa shape index (κ2) is 5.20. The number of aryl methyl sites for hydroxylation is 1. The molecule has 1 aromatic carbocycles. The van der Waals surface area contributed by atoms with Gasteiger partial charge in [-0.3, -0.25) is 10.1 Å². The van der Waals surface area contributed by atoms with Crippen LogP contribution in [0.3, 0.4) is 0 Å². The zero-order chi connectivity index (χ0) is 12.4. The van der Waals surface area contributed by atoms with Gasteiger partial charge in [-0.1, -0.05) is 0 Å².